The Hall–Kier alpha value is -3.20. The highest BCUT2D eigenvalue weighted by Crippen LogP contribution is 2.78. The molecule has 4 fully saturated rings. The first-order valence-corrected chi connectivity index (χ1v) is 12.9. The van der Waals surface area contributed by atoms with Crippen LogP contribution in [0.25, 0.3) is 0 Å². The van der Waals surface area contributed by atoms with E-state index in [1.807, 2.05) is 34.6 Å². The van der Waals surface area contributed by atoms with E-state index in [0.29, 0.717) is 24.0 Å². The molecule has 0 aromatic carbocycles. The second-order valence-electron chi connectivity index (χ2n) is 11.8. The van der Waals surface area contributed by atoms with Crippen molar-refractivity contribution in [2.45, 2.75) is 78.3 Å². The quantitative estimate of drug-likeness (QED) is 0.248. The maximum absolute atomic E-state index is 14.4. The molecule has 2 aliphatic carbocycles. The van der Waals surface area contributed by atoms with Gasteiger partial charge in [0.05, 0.1) is 19.6 Å². The summed E-state index contributed by atoms with van der Waals surface area (Å²) in [5.41, 5.74) is -2.06. The summed E-state index contributed by atoms with van der Waals surface area (Å²) in [6.07, 6.45) is 4.50. The Morgan fingerprint density at radius 2 is 1.82 bits per heavy atom. The Kier molecular flexibility index (Phi) is 5.84. The van der Waals surface area contributed by atoms with Gasteiger partial charge >= 0.3 is 17.9 Å². The summed E-state index contributed by atoms with van der Waals surface area (Å²) >= 11 is 0. The van der Waals surface area contributed by atoms with Crippen LogP contribution in [0.2, 0.25) is 0 Å². The smallest absolute Gasteiger partial charge is 0.339 e. The number of furan rings is 1. The van der Waals surface area contributed by atoms with Crippen LogP contribution >= 0.6 is 0 Å². The number of methoxy groups -OCH3 is 1. The number of cyclic esters (lactones) is 1. The summed E-state index contributed by atoms with van der Waals surface area (Å²) < 4.78 is 28.4. The fourth-order valence-electron chi connectivity index (χ4n) is 8.29. The summed E-state index contributed by atoms with van der Waals surface area (Å²) in [5, 5.41) is 0. The van der Waals surface area contributed by atoms with Crippen molar-refractivity contribution in [1.29, 1.82) is 0 Å². The van der Waals surface area contributed by atoms with Crippen LogP contribution in [-0.2, 0) is 38.1 Å². The van der Waals surface area contributed by atoms with Gasteiger partial charge in [-0.2, -0.15) is 0 Å². The summed E-state index contributed by atoms with van der Waals surface area (Å²) in [4.78, 5) is 52.3. The van der Waals surface area contributed by atoms with E-state index in [-0.39, 0.29) is 11.7 Å². The van der Waals surface area contributed by atoms with E-state index in [2.05, 4.69) is 0 Å². The maximum atomic E-state index is 14.4. The second kappa shape index (κ2) is 8.40. The lowest BCUT2D eigenvalue weighted by atomic mass is 9.38. The van der Waals surface area contributed by atoms with Crippen LogP contribution < -0.4 is 0 Å². The van der Waals surface area contributed by atoms with Crippen LogP contribution in [0, 0.1) is 22.2 Å². The van der Waals surface area contributed by atoms with Gasteiger partial charge in [0, 0.05) is 40.4 Å². The number of ketones is 1. The lowest BCUT2D eigenvalue weighted by Crippen LogP contribution is -2.72. The van der Waals surface area contributed by atoms with Crippen LogP contribution in [0.15, 0.2) is 46.3 Å². The number of fused-ring (bicyclic) bond motifs is 1. The molecule has 8 atom stereocenters. The predicted molar refractivity (Wildman–Crippen MR) is 132 cm³/mol. The highest BCUT2D eigenvalue weighted by atomic mass is 16.7. The van der Waals surface area contributed by atoms with E-state index in [4.69, 9.17) is 23.4 Å². The Labute approximate surface area is 221 Å². The number of hydrogen-bond donors (Lipinski definition) is 0. The van der Waals surface area contributed by atoms with Crippen molar-refractivity contribution >= 4 is 23.7 Å². The standard InChI is InChI=1S/C29H34O9/c1-15(2)20-21(32)23(36-16(3)30)28(6)18(26(20,4)11-9-19(31)34-7)8-12-27(5)22(17-10-13-35-14-17)37-25(33)24-29(27,28)38-24/h9-11,13-14,18,22-24H,8,12H2,1-7H3/b11-9-/t18-,22+,23+,24-,26-,27+,28+,29-/m1/s1. The number of Topliss-reactive ketones (excluding diaryl/α,β-unsaturated/α-hetero) is 1. The number of epoxide rings is 1. The third-order valence-electron chi connectivity index (χ3n) is 9.66. The van der Waals surface area contributed by atoms with Gasteiger partial charge in [0.1, 0.15) is 11.7 Å². The number of allylic oxidation sites excluding steroid dienone is 2. The Bertz CT molecular complexity index is 1270. The molecule has 204 valence electrons. The van der Waals surface area contributed by atoms with Crippen molar-refractivity contribution in [2.75, 3.05) is 7.11 Å². The van der Waals surface area contributed by atoms with Gasteiger partial charge in [-0.1, -0.05) is 32.4 Å². The molecule has 2 saturated carbocycles. The van der Waals surface area contributed by atoms with Gasteiger partial charge in [0.25, 0.3) is 0 Å². The molecule has 0 bridgehead atoms. The number of carbonyl (C=O) groups is 4. The molecule has 4 aliphatic rings. The fraction of sp³-hybridized carbons (Fsp3) is 0.586. The van der Waals surface area contributed by atoms with Gasteiger partial charge in [-0.15, -0.1) is 0 Å². The molecule has 38 heavy (non-hydrogen) atoms. The zero-order valence-electron chi connectivity index (χ0n) is 22.8. The van der Waals surface area contributed by atoms with Gasteiger partial charge in [-0.05, 0) is 38.7 Å². The topological polar surface area (TPSA) is 122 Å². The monoisotopic (exact) mass is 526 g/mol. The van der Waals surface area contributed by atoms with Crippen molar-refractivity contribution < 1.29 is 42.5 Å². The summed E-state index contributed by atoms with van der Waals surface area (Å²) in [5.74, 6) is -2.36. The third-order valence-corrected chi connectivity index (χ3v) is 9.66. The lowest BCUT2D eigenvalue weighted by Gasteiger charge is -2.65. The SMILES string of the molecule is COC(=O)/C=C\[C@@]1(C)C(=C(C)C)C(=O)[C@H](OC(C)=O)[C@]2(C)[C@@H]1CC[C@@]1(C)[C@H](c3ccoc3)OC(=O)[C@H]3O[C@@]321. The van der Waals surface area contributed by atoms with Crippen molar-refractivity contribution in [3.63, 3.8) is 0 Å². The molecular weight excluding hydrogens is 492 g/mol. The highest BCUT2D eigenvalue weighted by Gasteiger charge is 2.88. The number of hydrogen-bond acceptors (Lipinski definition) is 9. The number of carbonyl (C=O) groups excluding carboxylic acids is 4. The highest BCUT2D eigenvalue weighted by molar-refractivity contribution is 6.04. The van der Waals surface area contributed by atoms with Crippen molar-refractivity contribution in [3.8, 4) is 0 Å². The van der Waals surface area contributed by atoms with E-state index in [1.54, 1.807) is 18.4 Å². The average Bonchev–Trinajstić information content (AvgIpc) is 3.42. The van der Waals surface area contributed by atoms with Gasteiger partial charge in [0.2, 0.25) is 5.78 Å². The molecule has 1 spiro atoms. The number of ether oxygens (including phenoxy) is 4. The Balaban J connectivity index is 1.77. The molecule has 0 unspecified atom stereocenters. The molecule has 9 nitrogen and oxygen atoms in total. The molecule has 0 amide bonds. The average molecular weight is 527 g/mol. The summed E-state index contributed by atoms with van der Waals surface area (Å²) in [7, 11) is 1.29. The first-order valence-electron chi connectivity index (χ1n) is 12.9. The molecule has 0 radical (unpaired) electrons. The van der Waals surface area contributed by atoms with E-state index in [0.717, 1.165) is 5.57 Å². The van der Waals surface area contributed by atoms with Crippen molar-refractivity contribution in [3.05, 3.63) is 47.5 Å². The largest absolute Gasteiger partial charge is 0.472 e. The minimum atomic E-state index is -1.20. The van der Waals surface area contributed by atoms with E-state index in [9.17, 15) is 19.2 Å². The Morgan fingerprint density at radius 1 is 1.11 bits per heavy atom. The minimum Gasteiger partial charge on any atom is -0.472 e. The van der Waals surface area contributed by atoms with E-state index >= 15 is 0 Å². The van der Waals surface area contributed by atoms with Gasteiger partial charge in [-0.25, -0.2) is 9.59 Å². The number of rotatable bonds is 4. The lowest BCUT2D eigenvalue weighted by molar-refractivity contribution is -0.224. The van der Waals surface area contributed by atoms with Crippen LogP contribution in [0.3, 0.4) is 0 Å². The van der Waals surface area contributed by atoms with Crippen LogP contribution in [0.1, 0.15) is 66.1 Å². The van der Waals surface area contributed by atoms with E-state index < -0.39 is 58.1 Å². The van der Waals surface area contributed by atoms with Gasteiger partial charge in [-0.3, -0.25) is 9.59 Å². The molecule has 9 heteroatoms. The van der Waals surface area contributed by atoms with Crippen LogP contribution in [-0.4, -0.2) is 48.6 Å². The maximum Gasteiger partial charge on any atom is 0.339 e. The first kappa shape index (κ1) is 26.4. The summed E-state index contributed by atoms with van der Waals surface area (Å²) in [6, 6.07) is 1.76. The van der Waals surface area contributed by atoms with E-state index in [1.165, 1.54) is 26.4 Å². The molecule has 2 saturated heterocycles. The van der Waals surface area contributed by atoms with Gasteiger partial charge in [0.15, 0.2) is 12.2 Å². The fourth-order valence-corrected chi connectivity index (χ4v) is 8.29. The molecule has 3 heterocycles. The van der Waals surface area contributed by atoms with Crippen molar-refractivity contribution in [2.24, 2.45) is 22.2 Å². The van der Waals surface area contributed by atoms with Crippen LogP contribution in [0.4, 0.5) is 0 Å². The molecule has 2 aliphatic heterocycles. The van der Waals surface area contributed by atoms with Crippen molar-refractivity contribution in [1.82, 2.24) is 0 Å². The zero-order chi connectivity index (χ0) is 27.8. The normalized spacial score (nSPS) is 41.5. The molecule has 1 aromatic rings. The first-order chi connectivity index (χ1) is 17.8. The predicted octanol–water partition coefficient (Wildman–Crippen LogP) is 4.02. The molecule has 5 rings (SSSR count). The van der Waals surface area contributed by atoms with Gasteiger partial charge < -0.3 is 23.4 Å². The molecule has 1 aromatic heterocycles. The minimum absolute atomic E-state index is 0.336. The van der Waals surface area contributed by atoms with Crippen LogP contribution in [0.5, 0.6) is 0 Å². The summed E-state index contributed by atoms with van der Waals surface area (Å²) in [6.45, 7) is 10.8. The second-order valence-corrected chi connectivity index (χ2v) is 11.8. The third kappa shape index (κ3) is 3.14. The Morgan fingerprint density at radius 3 is 2.39 bits per heavy atom. The molecular formula is C29H34O9. The zero-order valence-corrected chi connectivity index (χ0v) is 22.8. The number of esters is 3. The molecule has 0 N–H and O–H groups in total.